The summed E-state index contributed by atoms with van der Waals surface area (Å²) in [6, 6.07) is 0. The normalized spacial score (nSPS) is 54.3. The molecule has 10 unspecified atom stereocenters. The number of hydrogen-bond donors (Lipinski definition) is 3. The minimum Gasteiger partial charge on any atom is -0.462 e. The molecule has 31 heavy (non-hydrogen) atoms. The third-order valence-electron chi connectivity index (χ3n) is 9.61. The van der Waals surface area contributed by atoms with E-state index in [0.29, 0.717) is 25.7 Å². The summed E-state index contributed by atoms with van der Waals surface area (Å²) < 4.78 is 17.1. The topological polar surface area (TPSA) is 123 Å². The van der Waals surface area contributed by atoms with Gasteiger partial charge in [0.05, 0.1) is 24.7 Å². The van der Waals surface area contributed by atoms with E-state index >= 15 is 0 Å². The highest BCUT2D eigenvalue weighted by molar-refractivity contribution is 5.92. The highest BCUT2D eigenvalue weighted by Crippen LogP contribution is 2.76. The smallest absolute Gasteiger partial charge is 0.302 e. The Morgan fingerprint density at radius 3 is 2.61 bits per heavy atom. The average Bonchev–Trinajstić information content (AvgIpc) is 2.89. The predicted molar refractivity (Wildman–Crippen MR) is 106 cm³/mol. The van der Waals surface area contributed by atoms with Crippen molar-refractivity contribution in [1.29, 1.82) is 0 Å². The SMILES string of the molecule is COCC1C(=O)C23CC1CC(OC(C)=O)C2C12COC3(O)C(O)C1C(C)(C)CCC2O. The predicted octanol–water partition coefficient (Wildman–Crippen LogP) is 0.653. The van der Waals surface area contributed by atoms with Crippen molar-refractivity contribution in [3.63, 3.8) is 0 Å². The summed E-state index contributed by atoms with van der Waals surface area (Å²) in [5, 5.41) is 35.0. The number of ether oxygens (including phenoxy) is 3. The van der Waals surface area contributed by atoms with Crippen molar-refractivity contribution in [2.45, 2.75) is 70.6 Å². The Labute approximate surface area is 182 Å². The minimum absolute atomic E-state index is 0.0207. The van der Waals surface area contributed by atoms with Crippen molar-refractivity contribution < 1.29 is 39.1 Å². The van der Waals surface area contributed by atoms with Gasteiger partial charge in [0.1, 0.15) is 12.2 Å². The van der Waals surface area contributed by atoms with Crippen LogP contribution in [0.5, 0.6) is 0 Å². The Bertz CT molecular complexity index is 811. The molecule has 6 fully saturated rings. The van der Waals surface area contributed by atoms with Gasteiger partial charge in [0.15, 0.2) is 5.78 Å². The van der Waals surface area contributed by atoms with E-state index in [1.54, 1.807) is 0 Å². The van der Waals surface area contributed by atoms with Gasteiger partial charge in [-0.05, 0) is 37.0 Å². The maximum atomic E-state index is 14.0. The summed E-state index contributed by atoms with van der Waals surface area (Å²) in [5.41, 5.74) is -2.83. The number of aliphatic hydroxyl groups excluding tert-OH is 2. The summed E-state index contributed by atoms with van der Waals surface area (Å²) in [6.07, 6.45) is -0.835. The molecule has 3 N–H and O–H groups in total. The highest BCUT2D eigenvalue weighted by Gasteiger charge is 2.86. The number of hydrogen-bond acceptors (Lipinski definition) is 8. The van der Waals surface area contributed by atoms with Crippen LogP contribution in [-0.4, -0.2) is 71.5 Å². The Kier molecular flexibility index (Phi) is 4.57. The van der Waals surface area contributed by atoms with E-state index in [2.05, 4.69) is 0 Å². The molecule has 2 saturated heterocycles. The molecule has 4 bridgehead atoms. The molecule has 6 aliphatic rings. The third-order valence-corrected chi connectivity index (χ3v) is 9.61. The molecule has 2 spiro atoms. The fourth-order valence-electron chi connectivity index (χ4n) is 8.76. The Hall–Kier alpha value is -1.06. The molecule has 8 heteroatoms. The van der Waals surface area contributed by atoms with Crippen LogP contribution in [0.1, 0.15) is 46.5 Å². The second kappa shape index (κ2) is 6.50. The largest absolute Gasteiger partial charge is 0.462 e. The van der Waals surface area contributed by atoms with E-state index in [4.69, 9.17) is 14.2 Å². The number of aliphatic hydroxyl groups is 3. The van der Waals surface area contributed by atoms with Crippen LogP contribution in [0, 0.1) is 39.9 Å². The van der Waals surface area contributed by atoms with Gasteiger partial charge in [-0.1, -0.05) is 13.8 Å². The fourth-order valence-corrected chi connectivity index (χ4v) is 8.76. The molecule has 4 saturated carbocycles. The lowest BCUT2D eigenvalue weighted by Gasteiger charge is -2.74. The van der Waals surface area contributed by atoms with Gasteiger partial charge in [0.25, 0.3) is 0 Å². The second-order valence-electron chi connectivity index (χ2n) is 11.3. The summed E-state index contributed by atoms with van der Waals surface area (Å²) in [6.45, 7) is 5.62. The van der Waals surface area contributed by atoms with Gasteiger partial charge in [0.2, 0.25) is 5.79 Å². The first-order valence-electron chi connectivity index (χ1n) is 11.4. The molecule has 0 radical (unpaired) electrons. The molecule has 2 heterocycles. The summed E-state index contributed by atoms with van der Waals surface area (Å²) >= 11 is 0. The molecule has 8 nitrogen and oxygen atoms in total. The first-order chi connectivity index (χ1) is 14.5. The number of ketones is 1. The van der Waals surface area contributed by atoms with Crippen LogP contribution in [-0.2, 0) is 23.8 Å². The quantitative estimate of drug-likeness (QED) is 0.549. The molecule has 2 aliphatic heterocycles. The van der Waals surface area contributed by atoms with Crippen molar-refractivity contribution in [2.75, 3.05) is 20.3 Å². The Balaban J connectivity index is 1.76. The van der Waals surface area contributed by atoms with Crippen LogP contribution in [0.4, 0.5) is 0 Å². The first kappa shape index (κ1) is 21.8. The molecular formula is C23H34O8. The Morgan fingerprint density at radius 1 is 1.26 bits per heavy atom. The molecule has 0 aromatic heterocycles. The minimum atomic E-state index is -2.09. The molecule has 0 aromatic carbocycles. The van der Waals surface area contributed by atoms with E-state index in [9.17, 15) is 24.9 Å². The molecule has 0 aromatic rings. The van der Waals surface area contributed by atoms with Gasteiger partial charge in [-0.15, -0.1) is 0 Å². The van der Waals surface area contributed by atoms with Crippen LogP contribution in [0.15, 0.2) is 0 Å². The zero-order valence-electron chi connectivity index (χ0n) is 18.7. The summed E-state index contributed by atoms with van der Waals surface area (Å²) in [4.78, 5) is 26.1. The lowest BCUT2D eigenvalue weighted by atomic mass is 9.35. The van der Waals surface area contributed by atoms with Crippen molar-refractivity contribution in [1.82, 2.24) is 0 Å². The maximum absolute atomic E-state index is 14.0. The fraction of sp³-hybridized carbons (Fsp3) is 0.913. The molecule has 174 valence electrons. The van der Waals surface area contributed by atoms with Gasteiger partial charge >= 0.3 is 5.97 Å². The number of carbonyl (C=O) groups is 2. The van der Waals surface area contributed by atoms with Crippen LogP contribution < -0.4 is 0 Å². The third kappa shape index (κ3) is 2.33. The van der Waals surface area contributed by atoms with Crippen molar-refractivity contribution in [2.24, 2.45) is 39.9 Å². The zero-order valence-corrected chi connectivity index (χ0v) is 18.7. The number of rotatable bonds is 3. The molecular weight excluding hydrogens is 404 g/mol. The zero-order chi connectivity index (χ0) is 22.6. The number of Topliss-reactive ketones (excluding diaryl/α,β-unsaturated/α-hetero) is 1. The molecule has 4 aliphatic carbocycles. The monoisotopic (exact) mass is 438 g/mol. The first-order valence-corrected chi connectivity index (χ1v) is 11.4. The molecule has 0 amide bonds. The van der Waals surface area contributed by atoms with E-state index in [1.165, 1.54) is 14.0 Å². The van der Waals surface area contributed by atoms with Crippen LogP contribution in [0.2, 0.25) is 0 Å². The highest BCUT2D eigenvalue weighted by atomic mass is 16.6. The lowest BCUT2D eigenvalue weighted by Crippen LogP contribution is -2.85. The van der Waals surface area contributed by atoms with Crippen molar-refractivity contribution in [3.05, 3.63) is 0 Å². The van der Waals surface area contributed by atoms with E-state index in [0.717, 1.165) is 0 Å². The van der Waals surface area contributed by atoms with Crippen LogP contribution >= 0.6 is 0 Å². The second-order valence-corrected chi connectivity index (χ2v) is 11.3. The van der Waals surface area contributed by atoms with Crippen molar-refractivity contribution >= 4 is 11.8 Å². The molecule has 10 atom stereocenters. The number of carbonyl (C=O) groups excluding carboxylic acids is 2. The van der Waals surface area contributed by atoms with Gasteiger partial charge in [-0.25, -0.2) is 0 Å². The lowest BCUT2D eigenvalue weighted by molar-refractivity contribution is -0.455. The van der Waals surface area contributed by atoms with Crippen LogP contribution in [0.3, 0.4) is 0 Å². The van der Waals surface area contributed by atoms with Gasteiger partial charge in [-0.3, -0.25) is 9.59 Å². The summed E-state index contributed by atoms with van der Waals surface area (Å²) in [7, 11) is 1.53. The maximum Gasteiger partial charge on any atom is 0.302 e. The summed E-state index contributed by atoms with van der Waals surface area (Å²) in [5.74, 6) is -4.50. The Morgan fingerprint density at radius 2 is 1.97 bits per heavy atom. The standard InChI is InChI=1S/C23H34O8/c1-11(24)31-14-7-12-8-22(18(26)13(12)9-29-4)16(14)21-10-30-23(22,28)19(27)17(21)20(2,3)6-5-15(21)25/h12-17,19,25,27-28H,5-10H2,1-4H3. The number of methoxy groups -OCH3 is 1. The van der Waals surface area contributed by atoms with E-state index < -0.39 is 64.1 Å². The van der Waals surface area contributed by atoms with E-state index in [1.807, 2.05) is 13.8 Å². The van der Waals surface area contributed by atoms with Crippen LogP contribution in [0.25, 0.3) is 0 Å². The average molecular weight is 439 g/mol. The molecule has 6 rings (SSSR count). The van der Waals surface area contributed by atoms with Gasteiger partial charge in [0, 0.05) is 37.2 Å². The van der Waals surface area contributed by atoms with E-state index in [-0.39, 0.29) is 24.9 Å². The number of fused-ring (bicyclic) bond motifs is 2. The van der Waals surface area contributed by atoms with Crippen molar-refractivity contribution in [3.8, 4) is 0 Å². The van der Waals surface area contributed by atoms with Gasteiger partial charge in [-0.2, -0.15) is 0 Å². The number of esters is 1. The van der Waals surface area contributed by atoms with Gasteiger partial charge < -0.3 is 29.5 Å².